The van der Waals surface area contributed by atoms with Gasteiger partial charge < -0.3 is 10.5 Å². The van der Waals surface area contributed by atoms with Crippen LogP contribution in [0, 0.1) is 5.82 Å². The molecule has 1 saturated heterocycles. The lowest BCUT2D eigenvalue weighted by atomic mass is 9.89. The van der Waals surface area contributed by atoms with Crippen LogP contribution in [0.1, 0.15) is 26.3 Å². The zero-order valence-electron chi connectivity index (χ0n) is 12.6. The standard InChI is InChI=1S/C16H25FN2O/c1-12-9-19(10-13(2)20-12)16(3,11-18)8-14-6-4-5-7-15(14)17/h4-7,12-13H,8-11,18H2,1-3H3/t12-,13+,16?. The van der Waals surface area contributed by atoms with Gasteiger partial charge in [-0.2, -0.15) is 0 Å². The molecular weight excluding hydrogens is 255 g/mol. The quantitative estimate of drug-likeness (QED) is 0.919. The molecule has 1 aromatic rings. The van der Waals surface area contributed by atoms with Gasteiger partial charge in [0.2, 0.25) is 0 Å². The Morgan fingerprint density at radius 2 is 1.90 bits per heavy atom. The van der Waals surface area contributed by atoms with E-state index in [1.165, 1.54) is 6.07 Å². The minimum Gasteiger partial charge on any atom is -0.373 e. The average molecular weight is 280 g/mol. The predicted molar refractivity (Wildman–Crippen MR) is 79.1 cm³/mol. The highest BCUT2D eigenvalue weighted by Gasteiger charge is 2.36. The van der Waals surface area contributed by atoms with Crippen LogP contribution >= 0.6 is 0 Å². The van der Waals surface area contributed by atoms with Crippen LogP contribution in [0.3, 0.4) is 0 Å². The molecule has 1 fully saturated rings. The number of hydrogen-bond acceptors (Lipinski definition) is 3. The minimum atomic E-state index is -0.242. The summed E-state index contributed by atoms with van der Waals surface area (Å²) in [5.41, 5.74) is 6.51. The van der Waals surface area contributed by atoms with Crippen molar-refractivity contribution in [2.45, 2.75) is 44.9 Å². The molecule has 1 heterocycles. The van der Waals surface area contributed by atoms with Crippen molar-refractivity contribution < 1.29 is 9.13 Å². The lowest BCUT2D eigenvalue weighted by Crippen LogP contribution is -2.60. The number of ether oxygens (including phenoxy) is 1. The Hall–Kier alpha value is -0.970. The topological polar surface area (TPSA) is 38.5 Å². The molecule has 20 heavy (non-hydrogen) atoms. The van der Waals surface area contributed by atoms with Crippen LogP contribution in [0.25, 0.3) is 0 Å². The van der Waals surface area contributed by atoms with Crippen LogP contribution in [-0.2, 0) is 11.2 Å². The molecule has 0 radical (unpaired) electrons. The molecular formula is C16H25FN2O. The van der Waals surface area contributed by atoms with Crippen LogP contribution in [0.4, 0.5) is 4.39 Å². The summed E-state index contributed by atoms with van der Waals surface area (Å²) in [6, 6.07) is 6.95. The second kappa shape index (κ2) is 6.20. The van der Waals surface area contributed by atoms with Crippen molar-refractivity contribution in [1.82, 2.24) is 4.90 Å². The van der Waals surface area contributed by atoms with Gasteiger partial charge in [-0.25, -0.2) is 4.39 Å². The number of halogens is 1. The van der Waals surface area contributed by atoms with Crippen molar-refractivity contribution in [1.29, 1.82) is 0 Å². The van der Waals surface area contributed by atoms with E-state index in [2.05, 4.69) is 25.7 Å². The summed E-state index contributed by atoms with van der Waals surface area (Å²) in [5.74, 6) is -0.151. The van der Waals surface area contributed by atoms with E-state index in [0.29, 0.717) is 13.0 Å². The lowest BCUT2D eigenvalue weighted by molar-refractivity contribution is -0.0973. The lowest BCUT2D eigenvalue weighted by Gasteiger charge is -2.46. The Labute approximate surface area is 120 Å². The zero-order chi connectivity index (χ0) is 14.8. The summed E-state index contributed by atoms with van der Waals surface area (Å²) in [6.07, 6.45) is 0.991. The number of rotatable bonds is 4. The maximum atomic E-state index is 13.9. The molecule has 1 aliphatic heterocycles. The highest BCUT2D eigenvalue weighted by molar-refractivity contribution is 5.20. The summed E-state index contributed by atoms with van der Waals surface area (Å²) in [6.45, 7) is 8.44. The SMILES string of the molecule is C[C@@H]1CN(C(C)(CN)Cc2ccccc2F)C[C@H](C)O1. The predicted octanol–water partition coefficient (Wildman–Crippen LogP) is 2.19. The molecule has 4 heteroatoms. The fourth-order valence-corrected chi connectivity index (χ4v) is 2.98. The summed E-state index contributed by atoms with van der Waals surface area (Å²) < 4.78 is 19.7. The second-order valence-electron chi connectivity index (χ2n) is 6.13. The smallest absolute Gasteiger partial charge is 0.126 e. The van der Waals surface area contributed by atoms with Crippen LogP contribution in [-0.4, -0.2) is 42.3 Å². The second-order valence-corrected chi connectivity index (χ2v) is 6.13. The molecule has 3 nitrogen and oxygen atoms in total. The van der Waals surface area contributed by atoms with Crippen molar-refractivity contribution in [3.8, 4) is 0 Å². The molecule has 1 unspecified atom stereocenters. The first-order valence-electron chi connectivity index (χ1n) is 7.28. The van der Waals surface area contributed by atoms with E-state index in [1.807, 2.05) is 12.1 Å². The summed E-state index contributed by atoms with van der Waals surface area (Å²) in [4.78, 5) is 2.35. The minimum absolute atomic E-state index is 0.151. The van der Waals surface area contributed by atoms with Gasteiger partial charge in [0.15, 0.2) is 0 Å². The molecule has 0 spiro atoms. The van der Waals surface area contributed by atoms with Crippen LogP contribution in [0.2, 0.25) is 0 Å². The molecule has 0 aromatic heterocycles. The van der Waals surface area contributed by atoms with Gasteiger partial charge >= 0.3 is 0 Å². The summed E-state index contributed by atoms with van der Waals surface area (Å²) in [5, 5.41) is 0. The summed E-state index contributed by atoms with van der Waals surface area (Å²) in [7, 11) is 0. The van der Waals surface area contributed by atoms with Gasteiger partial charge in [0.05, 0.1) is 12.2 Å². The highest BCUT2D eigenvalue weighted by atomic mass is 19.1. The molecule has 2 N–H and O–H groups in total. The molecule has 2 rings (SSSR count). The fraction of sp³-hybridized carbons (Fsp3) is 0.625. The van der Waals surface area contributed by atoms with E-state index in [1.54, 1.807) is 6.07 Å². The van der Waals surface area contributed by atoms with Crippen molar-refractivity contribution in [3.05, 3.63) is 35.6 Å². The van der Waals surface area contributed by atoms with Gasteiger partial charge in [-0.1, -0.05) is 18.2 Å². The molecule has 0 bridgehead atoms. The molecule has 112 valence electrons. The molecule has 1 aliphatic rings. The van der Waals surface area contributed by atoms with E-state index in [-0.39, 0.29) is 23.6 Å². The van der Waals surface area contributed by atoms with Crippen molar-refractivity contribution in [3.63, 3.8) is 0 Å². The van der Waals surface area contributed by atoms with Gasteiger partial charge in [-0.3, -0.25) is 4.90 Å². The van der Waals surface area contributed by atoms with E-state index < -0.39 is 0 Å². The number of nitrogens with zero attached hydrogens (tertiary/aromatic N) is 1. The monoisotopic (exact) mass is 280 g/mol. The molecule has 0 saturated carbocycles. The Morgan fingerprint density at radius 1 is 1.30 bits per heavy atom. The van der Waals surface area contributed by atoms with Crippen molar-refractivity contribution in [2.75, 3.05) is 19.6 Å². The first-order chi connectivity index (χ1) is 9.44. The van der Waals surface area contributed by atoms with Crippen molar-refractivity contribution in [2.24, 2.45) is 5.73 Å². The average Bonchev–Trinajstić information content (AvgIpc) is 2.40. The third-order valence-corrected chi connectivity index (χ3v) is 4.15. The van der Waals surface area contributed by atoms with Crippen LogP contribution in [0.15, 0.2) is 24.3 Å². The van der Waals surface area contributed by atoms with E-state index in [0.717, 1.165) is 18.7 Å². The van der Waals surface area contributed by atoms with Crippen LogP contribution in [0.5, 0.6) is 0 Å². The third-order valence-electron chi connectivity index (χ3n) is 4.15. The maximum Gasteiger partial charge on any atom is 0.126 e. The third kappa shape index (κ3) is 3.37. The largest absolute Gasteiger partial charge is 0.373 e. The first kappa shape index (κ1) is 15.4. The number of nitrogens with two attached hydrogens (primary N) is 1. The van der Waals surface area contributed by atoms with Crippen LogP contribution < -0.4 is 5.73 Å². The Bertz CT molecular complexity index is 444. The Morgan fingerprint density at radius 3 is 2.45 bits per heavy atom. The van der Waals surface area contributed by atoms with Gasteiger partial charge in [0, 0.05) is 25.2 Å². The van der Waals surface area contributed by atoms with Crippen molar-refractivity contribution >= 4 is 0 Å². The maximum absolute atomic E-state index is 13.9. The van der Waals surface area contributed by atoms with Gasteiger partial charge in [-0.05, 0) is 38.8 Å². The Balaban J connectivity index is 2.18. The Kier molecular flexibility index (Phi) is 4.78. The van der Waals surface area contributed by atoms with E-state index >= 15 is 0 Å². The normalized spacial score (nSPS) is 27.2. The fourth-order valence-electron chi connectivity index (χ4n) is 2.98. The number of hydrogen-bond donors (Lipinski definition) is 1. The summed E-state index contributed by atoms with van der Waals surface area (Å²) >= 11 is 0. The molecule has 0 aliphatic carbocycles. The van der Waals surface area contributed by atoms with Gasteiger partial charge in [0.1, 0.15) is 5.82 Å². The molecule has 3 atom stereocenters. The number of benzene rings is 1. The first-order valence-corrected chi connectivity index (χ1v) is 7.28. The zero-order valence-corrected chi connectivity index (χ0v) is 12.6. The van der Waals surface area contributed by atoms with E-state index in [9.17, 15) is 4.39 Å². The van der Waals surface area contributed by atoms with Gasteiger partial charge in [0.25, 0.3) is 0 Å². The van der Waals surface area contributed by atoms with E-state index in [4.69, 9.17) is 10.5 Å². The molecule has 1 aromatic carbocycles. The molecule has 0 amide bonds. The highest BCUT2D eigenvalue weighted by Crippen LogP contribution is 2.25. The van der Waals surface area contributed by atoms with Gasteiger partial charge in [-0.15, -0.1) is 0 Å². The number of morpholine rings is 1.